The average molecular weight is 405 g/mol. The van der Waals surface area contributed by atoms with Crippen LogP contribution < -0.4 is 10.6 Å². The number of hydrogen-bond donors (Lipinski definition) is 3. The second-order valence-electron chi connectivity index (χ2n) is 5.56. The number of urea groups is 1. The minimum atomic E-state index is -1.16. The smallest absolute Gasteiger partial charge is 0.339 e. The van der Waals surface area contributed by atoms with Crippen LogP contribution in [0.4, 0.5) is 14.2 Å². The van der Waals surface area contributed by atoms with Crippen molar-refractivity contribution < 1.29 is 19.1 Å². The van der Waals surface area contributed by atoms with Gasteiger partial charge in [-0.25, -0.2) is 14.0 Å². The van der Waals surface area contributed by atoms with E-state index in [1.165, 1.54) is 6.07 Å². The predicted molar refractivity (Wildman–Crippen MR) is 104 cm³/mol. The predicted octanol–water partition coefficient (Wildman–Crippen LogP) is 5.23. The lowest BCUT2D eigenvalue weighted by Crippen LogP contribution is -2.28. The molecule has 0 aliphatic heterocycles. The van der Waals surface area contributed by atoms with E-state index in [1.807, 2.05) is 0 Å². The Hall–Kier alpha value is -2.90. The molecule has 3 rings (SSSR count). The van der Waals surface area contributed by atoms with Gasteiger partial charge in [0.1, 0.15) is 16.4 Å². The standard InChI is InChI=1S/C19H14ClFN2O3S/c20-13-7-5-11(6-8-13)14-10-27-17(16(14)18(24)25)23-19(26)22-9-12-3-1-2-4-15(12)21/h1-8,10H,9H2,(H,24,25)(H2,22,23,26). The Labute approximate surface area is 163 Å². The molecule has 27 heavy (non-hydrogen) atoms. The quantitative estimate of drug-likeness (QED) is 0.545. The lowest BCUT2D eigenvalue weighted by Gasteiger charge is -2.08. The third kappa shape index (κ3) is 4.45. The molecule has 0 atom stereocenters. The zero-order chi connectivity index (χ0) is 19.4. The van der Waals surface area contributed by atoms with Gasteiger partial charge in [-0.1, -0.05) is 41.9 Å². The van der Waals surface area contributed by atoms with E-state index in [1.54, 1.807) is 47.8 Å². The summed E-state index contributed by atoms with van der Waals surface area (Å²) in [5.74, 6) is -1.59. The molecule has 5 nitrogen and oxygen atoms in total. The number of carboxylic acids is 1. The first-order chi connectivity index (χ1) is 13.0. The van der Waals surface area contributed by atoms with Gasteiger partial charge >= 0.3 is 12.0 Å². The minimum Gasteiger partial charge on any atom is -0.478 e. The fraction of sp³-hybridized carbons (Fsp3) is 0.0526. The topological polar surface area (TPSA) is 78.4 Å². The first-order valence-electron chi connectivity index (χ1n) is 7.84. The van der Waals surface area contributed by atoms with Crippen LogP contribution in [0.1, 0.15) is 15.9 Å². The fourth-order valence-electron chi connectivity index (χ4n) is 2.47. The average Bonchev–Trinajstić information content (AvgIpc) is 3.05. The van der Waals surface area contributed by atoms with Crippen LogP contribution >= 0.6 is 22.9 Å². The highest BCUT2D eigenvalue weighted by Crippen LogP contribution is 2.36. The molecule has 0 spiro atoms. The van der Waals surface area contributed by atoms with Crippen LogP contribution in [0.2, 0.25) is 5.02 Å². The number of halogens is 2. The highest BCUT2D eigenvalue weighted by Gasteiger charge is 2.21. The molecule has 0 unspecified atom stereocenters. The van der Waals surface area contributed by atoms with Crippen LogP contribution in [0.3, 0.4) is 0 Å². The van der Waals surface area contributed by atoms with Crippen molar-refractivity contribution in [1.29, 1.82) is 0 Å². The van der Waals surface area contributed by atoms with Gasteiger partial charge in [-0.3, -0.25) is 5.32 Å². The van der Waals surface area contributed by atoms with Crippen LogP contribution in [0, 0.1) is 5.82 Å². The highest BCUT2D eigenvalue weighted by molar-refractivity contribution is 7.15. The first-order valence-corrected chi connectivity index (χ1v) is 9.10. The van der Waals surface area contributed by atoms with Crippen LogP contribution in [-0.4, -0.2) is 17.1 Å². The maximum Gasteiger partial charge on any atom is 0.339 e. The van der Waals surface area contributed by atoms with E-state index in [-0.39, 0.29) is 17.1 Å². The van der Waals surface area contributed by atoms with Crippen molar-refractivity contribution in [2.24, 2.45) is 0 Å². The van der Waals surface area contributed by atoms with Crippen molar-refractivity contribution in [2.75, 3.05) is 5.32 Å². The summed E-state index contributed by atoms with van der Waals surface area (Å²) in [7, 11) is 0. The summed E-state index contributed by atoms with van der Waals surface area (Å²) in [5, 5.41) is 17.0. The molecule has 0 fully saturated rings. The molecular formula is C19H14ClFN2O3S. The number of benzene rings is 2. The summed E-state index contributed by atoms with van der Waals surface area (Å²) in [6.07, 6.45) is 0. The van der Waals surface area contributed by atoms with Gasteiger partial charge in [0.05, 0.1) is 0 Å². The molecule has 138 valence electrons. The molecule has 0 saturated heterocycles. The number of carboxylic acid groups (broad SMARTS) is 1. The molecule has 1 aromatic heterocycles. The van der Waals surface area contributed by atoms with Gasteiger partial charge in [0.15, 0.2) is 0 Å². The molecule has 0 bridgehead atoms. The summed E-state index contributed by atoms with van der Waals surface area (Å²) in [4.78, 5) is 23.8. The maximum atomic E-state index is 13.6. The Balaban J connectivity index is 1.76. The van der Waals surface area contributed by atoms with Gasteiger partial charge in [0, 0.05) is 28.1 Å². The van der Waals surface area contributed by atoms with E-state index in [2.05, 4.69) is 10.6 Å². The van der Waals surface area contributed by atoms with E-state index in [4.69, 9.17) is 11.6 Å². The van der Waals surface area contributed by atoms with Crippen molar-refractivity contribution in [3.8, 4) is 11.1 Å². The molecule has 2 amide bonds. The summed E-state index contributed by atoms with van der Waals surface area (Å²) in [6.45, 7) is -0.0175. The Morgan fingerprint density at radius 3 is 2.48 bits per heavy atom. The van der Waals surface area contributed by atoms with Gasteiger partial charge in [0.25, 0.3) is 0 Å². The van der Waals surface area contributed by atoms with Gasteiger partial charge in [-0.2, -0.15) is 0 Å². The summed E-state index contributed by atoms with van der Waals surface area (Å²) in [6, 6.07) is 12.2. The fourth-order valence-corrected chi connectivity index (χ4v) is 3.55. The Kier molecular flexibility index (Phi) is 5.73. The summed E-state index contributed by atoms with van der Waals surface area (Å²) in [5.41, 5.74) is 1.48. The summed E-state index contributed by atoms with van der Waals surface area (Å²) >= 11 is 6.96. The first kappa shape index (κ1) is 18.9. The van der Waals surface area contributed by atoms with Crippen molar-refractivity contribution in [3.63, 3.8) is 0 Å². The largest absolute Gasteiger partial charge is 0.478 e. The van der Waals surface area contributed by atoms with Crippen LogP contribution in [0.15, 0.2) is 53.9 Å². The SMILES string of the molecule is O=C(NCc1ccccc1F)Nc1scc(-c2ccc(Cl)cc2)c1C(=O)O. The Morgan fingerprint density at radius 1 is 1.11 bits per heavy atom. The molecule has 0 aliphatic carbocycles. The van der Waals surface area contributed by atoms with E-state index in [0.717, 1.165) is 11.3 Å². The van der Waals surface area contributed by atoms with E-state index in [9.17, 15) is 19.1 Å². The van der Waals surface area contributed by atoms with Crippen LogP contribution in [0.25, 0.3) is 11.1 Å². The maximum absolute atomic E-state index is 13.6. The van der Waals surface area contributed by atoms with Gasteiger partial charge in [-0.15, -0.1) is 11.3 Å². The van der Waals surface area contributed by atoms with Crippen molar-refractivity contribution in [1.82, 2.24) is 5.32 Å². The second-order valence-corrected chi connectivity index (χ2v) is 6.88. The molecule has 0 aliphatic rings. The van der Waals surface area contributed by atoms with Crippen molar-refractivity contribution >= 4 is 39.9 Å². The van der Waals surface area contributed by atoms with Crippen LogP contribution in [0.5, 0.6) is 0 Å². The number of anilines is 1. The third-order valence-electron chi connectivity index (χ3n) is 3.78. The third-order valence-corrected chi connectivity index (χ3v) is 4.93. The number of rotatable bonds is 5. The molecule has 8 heteroatoms. The number of hydrogen-bond acceptors (Lipinski definition) is 3. The molecule has 0 radical (unpaired) electrons. The van der Waals surface area contributed by atoms with Gasteiger partial charge in [0.2, 0.25) is 0 Å². The molecule has 0 saturated carbocycles. The Morgan fingerprint density at radius 2 is 1.81 bits per heavy atom. The highest BCUT2D eigenvalue weighted by atomic mass is 35.5. The molecule has 1 heterocycles. The lowest BCUT2D eigenvalue weighted by atomic mass is 10.0. The second kappa shape index (κ2) is 8.20. The summed E-state index contributed by atoms with van der Waals surface area (Å²) < 4.78 is 13.6. The number of carbonyl (C=O) groups is 2. The zero-order valence-corrected chi connectivity index (χ0v) is 15.4. The minimum absolute atomic E-state index is 0.0108. The van der Waals surface area contributed by atoms with Gasteiger partial charge < -0.3 is 10.4 Å². The molecule has 2 aromatic carbocycles. The Bertz CT molecular complexity index is 989. The molecule has 3 aromatic rings. The number of thiophene rings is 1. The molecule has 3 N–H and O–H groups in total. The van der Waals surface area contributed by atoms with E-state index >= 15 is 0 Å². The van der Waals surface area contributed by atoms with Crippen LogP contribution in [-0.2, 0) is 6.54 Å². The van der Waals surface area contributed by atoms with Crippen molar-refractivity contribution in [2.45, 2.75) is 6.54 Å². The number of nitrogens with one attached hydrogen (secondary N) is 2. The van der Waals surface area contributed by atoms with E-state index < -0.39 is 17.8 Å². The normalized spacial score (nSPS) is 10.4. The van der Waals surface area contributed by atoms with Gasteiger partial charge in [-0.05, 0) is 23.8 Å². The lowest BCUT2D eigenvalue weighted by molar-refractivity contribution is 0.0699. The van der Waals surface area contributed by atoms with E-state index in [0.29, 0.717) is 21.7 Å². The number of carbonyl (C=O) groups excluding carboxylic acids is 1. The number of amides is 2. The number of aromatic carboxylic acids is 1. The zero-order valence-electron chi connectivity index (χ0n) is 13.8. The van der Waals surface area contributed by atoms with Crippen molar-refractivity contribution in [3.05, 3.63) is 75.9 Å². The monoisotopic (exact) mass is 404 g/mol. The molecular weight excluding hydrogens is 391 g/mol.